The van der Waals surface area contributed by atoms with Crippen LogP contribution in [0.3, 0.4) is 0 Å². The first-order valence-corrected chi connectivity index (χ1v) is 8.53. The highest BCUT2D eigenvalue weighted by molar-refractivity contribution is 5.90. The lowest BCUT2D eigenvalue weighted by molar-refractivity contribution is -0.159. The Hall–Kier alpha value is -2.34. The standard InChI is InChI=1S/C19H24N2O4/c1-13-15(14-6-3-4-7-16(14)20-13)10-17(22)21-9-5-8-19(11-21,12-25-2)18(23)24/h3-4,6-7,20H,5,8-12H2,1-2H3,(H,23,24). The quantitative estimate of drug-likeness (QED) is 0.872. The Kier molecular flexibility index (Phi) is 4.81. The second-order valence-corrected chi connectivity index (χ2v) is 6.89. The number of aromatic amines is 1. The Morgan fingerprint density at radius 1 is 1.36 bits per heavy atom. The number of methoxy groups -OCH3 is 1. The lowest BCUT2D eigenvalue weighted by Gasteiger charge is -2.39. The van der Waals surface area contributed by atoms with Crippen LogP contribution >= 0.6 is 0 Å². The van der Waals surface area contributed by atoms with Crippen molar-refractivity contribution in [2.45, 2.75) is 26.2 Å². The normalized spacial score (nSPS) is 20.8. The number of aromatic nitrogens is 1. The number of likely N-dealkylation sites (tertiary alicyclic amines) is 1. The minimum absolute atomic E-state index is 0.0331. The highest BCUT2D eigenvalue weighted by atomic mass is 16.5. The number of nitrogens with zero attached hydrogens (tertiary/aromatic N) is 1. The third-order valence-electron chi connectivity index (χ3n) is 5.16. The number of carbonyl (C=O) groups excluding carboxylic acids is 1. The van der Waals surface area contributed by atoms with E-state index < -0.39 is 11.4 Å². The highest BCUT2D eigenvalue weighted by Crippen LogP contribution is 2.32. The van der Waals surface area contributed by atoms with Crippen molar-refractivity contribution in [1.29, 1.82) is 0 Å². The van der Waals surface area contributed by atoms with Crippen molar-refractivity contribution in [2.75, 3.05) is 26.8 Å². The van der Waals surface area contributed by atoms with Crippen molar-refractivity contribution in [3.05, 3.63) is 35.5 Å². The highest BCUT2D eigenvalue weighted by Gasteiger charge is 2.43. The maximum absolute atomic E-state index is 12.9. The van der Waals surface area contributed by atoms with Crippen molar-refractivity contribution < 1.29 is 19.4 Å². The number of carboxylic acids is 1. The number of hydrogen-bond donors (Lipinski definition) is 2. The Morgan fingerprint density at radius 3 is 2.84 bits per heavy atom. The topological polar surface area (TPSA) is 82.6 Å². The number of nitrogens with one attached hydrogen (secondary N) is 1. The van der Waals surface area contributed by atoms with Crippen molar-refractivity contribution in [3.63, 3.8) is 0 Å². The van der Waals surface area contributed by atoms with Crippen LogP contribution in [0.1, 0.15) is 24.1 Å². The number of aliphatic carboxylic acids is 1. The molecule has 1 fully saturated rings. The van der Waals surface area contributed by atoms with Gasteiger partial charge in [0.1, 0.15) is 5.41 Å². The molecule has 0 radical (unpaired) electrons. The molecule has 0 bridgehead atoms. The summed E-state index contributed by atoms with van der Waals surface area (Å²) in [7, 11) is 1.50. The summed E-state index contributed by atoms with van der Waals surface area (Å²) in [5.41, 5.74) is 1.98. The van der Waals surface area contributed by atoms with E-state index in [1.807, 2.05) is 31.2 Å². The molecule has 0 aliphatic carbocycles. The molecule has 0 spiro atoms. The van der Waals surface area contributed by atoms with Gasteiger partial charge in [-0.05, 0) is 31.4 Å². The van der Waals surface area contributed by atoms with E-state index in [9.17, 15) is 14.7 Å². The number of fused-ring (bicyclic) bond motifs is 1. The lowest BCUT2D eigenvalue weighted by atomic mass is 9.80. The van der Waals surface area contributed by atoms with Gasteiger partial charge < -0.3 is 19.7 Å². The number of piperidine rings is 1. The fraction of sp³-hybridized carbons (Fsp3) is 0.474. The SMILES string of the molecule is COCC1(C(=O)O)CCCN(C(=O)Cc2c(C)[nH]c3ccccc23)C1. The molecule has 1 aliphatic rings. The first-order chi connectivity index (χ1) is 12.0. The van der Waals surface area contributed by atoms with Crippen LogP contribution in [0.4, 0.5) is 0 Å². The number of carbonyl (C=O) groups is 2. The summed E-state index contributed by atoms with van der Waals surface area (Å²) in [5, 5.41) is 10.7. The number of H-pyrrole nitrogens is 1. The molecule has 2 N–H and O–H groups in total. The summed E-state index contributed by atoms with van der Waals surface area (Å²) in [6.07, 6.45) is 1.48. The van der Waals surface area contributed by atoms with E-state index in [4.69, 9.17) is 4.74 Å². The summed E-state index contributed by atoms with van der Waals surface area (Å²) in [6, 6.07) is 7.91. The number of ether oxygens (including phenoxy) is 1. The van der Waals surface area contributed by atoms with E-state index in [2.05, 4.69) is 4.98 Å². The van der Waals surface area contributed by atoms with E-state index in [1.54, 1.807) is 4.90 Å². The van der Waals surface area contributed by atoms with Crippen molar-refractivity contribution in [3.8, 4) is 0 Å². The molecule has 1 aromatic heterocycles. The average Bonchev–Trinajstić information content (AvgIpc) is 2.91. The summed E-state index contributed by atoms with van der Waals surface area (Å²) in [6.45, 7) is 2.89. The zero-order valence-corrected chi connectivity index (χ0v) is 14.7. The van der Waals surface area contributed by atoms with Gasteiger partial charge >= 0.3 is 5.97 Å². The molecule has 3 rings (SSSR count). The van der Waals surface area contributed by atoms with E-state index >= 15 is 0 Å². The number of aryl methyl sites for hydroxylation is 1. The number of benzene rings is 1. The van der Waals surface area contributed by atoms with E-state index in [0.717, 1.165) is 22.2 Å². The lowest BCUT2D eigenvalue weighted by Crippen LogP contribution is -2.52. The Balaban J connectivity index is 1.80. The van der Waals surface area contributed by atoms with Gasteiger partial charge in [0.15, 0.2) is 0 Å². The van der Waals surface area contributed by atoms with Gasteiger partial charge in [-0.25, -0.2) is 0 Å². The van der Waals surface area contributed by atoms with Gasteiger partial charge in [0.05, 0.1) is 13.0 Å². The van der Waals surface area contributed by atoms with E-state index in [-0.39, 0.29) is 25.5 Å². The van der Waals surface area contributed by atoms with Gasteiger partial charge in [0.25, 0.3) is 0 Å². The molecular formula is C19H24N2O4. The summed E-state index contributed by atoms with van der Waals surface area (Å²) in [5.74, 6) is -0.926. The fourth-order valence-corrected chi connectivity index (χ4v) is 3.80. The summed E-state index contributed by atoms with van der Waals surface area (Å²) < 4.78 is 5.13. The van der Waals surface area contributed by atoms with Crippen LogP contribution in [-0.2, 0) is 20.7 Å². The molecule has 1 aromatic carbocycles. The molecule has 1 amide bonds. The van der Waals surface area contributed by atoms with Crippen LogP contribution in [0.2, 0.25) is 0 Å². The summed E-state index contributed by atoms with van der Waals surface area (Å²) >= 11 is 0. The molecular weight excluding hydrogens is 320 g/mol. The van der Waals surface area contributed by atoms with Crippen LogP contribution in [0.25, 0.3) is 10.9 Å². The van der Waals surface area contributed by atoms with Crippen molar-refractivity contribution >= 4 is 22.8 Å². The number of rotatable bonds is 5. The van der Waals surface area contributed by atoms with Crippen molar-refractivity contribution in [1.82, 2.24) is 9.88 Å². The van der Waals surface area contributed by atoms with E-state index in [1.165, 1.54) is 7.11 Å². The van der Waals surface area contributed by atoms with Crippen molar-refractivity contribution in [2.24, 2.45) is 5.41 Å². The maximum atomic E-state index is 12.9. The number of amides is 1. The first kappa shape index (κ1) is 17.5. The second-order valence-electron chi connectivity index (χ2n) is 6.89. The first-order valence-electron chi connectivity index (χ1n) is 8.53. The third-order valence-corrected chi connectivity index (χ3v) is 5.16. The van der Waals surface area contributed by atoms with Gasteiger partial charge in [0.2, 0.25) is 5.91 Å². The number of carboxylic acid groups (broad SMARTS) is 1. The van der Waals surface area contributed by atoms with Crippen LogP contribution < -0.4 is 0 Å². The summed E-state index contributed by atoms with van der Waals surface area (Å²) in [4.78, 5) is 29.6. The molecule has 134 valence electrons. The molecule has 6 heteroatoms. The zero-order valence-electron chi connectivity index (χ0n) is 14.7. The monoisotopic (exact) mass is 344 g/mol. The van der Waals surface area contributed by atoms with E-state index in [0.29, 0.717) is 19.4 Å². The molecule has 1 atom stereocenters. The fourth-order valence-electron chi connectivity index (χ4n) is 3.80. The average molecular weight is 344 g/mol. The molecule has 2 heterocycles. The van der Waals surface area contributed by atoms with Crippen LogP contribution in [0, 0.1) is 12.3 Å². The predicted molar refractivity (Wildman–Crippen MR) is 94.5 cm³/mol. The van der Waals surface area contributed by atoms with Gasteiger partial charge in [-0.3, -0.25) is 9.59 Å². The zero-order chi connectivity index (χ0) is 18.0. The van der Waals surface area contributed by atoms with Gasteiger partial charge in [-0.15, -0.1) is 0 Å². The largest absolute Gasteiger partial charge is 0.481 e. The molecule has 1 unspecified atom stereocenters. The Morgan fingerprint density at radius 2 is 2.12 bits per heavy atom. The maximum Gasteiger partial charge on any atom is 0.313 e. The molecule has 6 nitrogen and oxygen atoms in total. The minimum Gasteiger partial charge on any atom is -0.481 e. The molecule has 1 saturated heterocycles. The van der Waals surface area contributed by atoms with Gasteiger partial charge in [0, 0.05) is 36.8 Å². The van der Waals surface area contributed by atoms with Crippen LogP contribution in [0.15, 0.2) is 24.3 Å². The van der Waals surface area contributed by atoms with Crippen LogP contribution in [0.5, 0.6) is 0 Å². The molecule has 25 heavy (non-hydrogen) atoms. The Bertz CT molecular complexity index is 794. The van der Waals surface area contributed by atoms with Gasteiger partial charge in [-0.1, -0.05) is 18.2 Å². The number of para-hydroxylation sites is 1. The number of hydrogen-bond acceptors (Lipinski definition) is 3. The molecule has 1 aliphatic heterocycles. The minimum atomic E-state index is -1.00. The third kappa shape index (κ3) is 3.26. The van der Waals surface area contributed by atoms with Gasteiger partial charge in [-0.2, -0.15) is 0 Å². The Labute approximate surface area is 146 Å². The van der Waals surface area contributed by atoms with Crippen LogP contribution in [-0.4, -0.2) is 53.7 Å². The second kappa shape index (κ2) is 6.88. The molecule has 2 aromatic rings. The predicted octanol–water partition coefficient (Wildman–Crippen LogP) is 2.36. The smallest absolute Gasteiger partial charge is 0.313 e. The molecule has 0 saturated carbocycles.